The average molecular weight is 340 g/mol. The van der Waals surface area contributed by atoms with Gasteiger partial charge in [-0.2, -0.15) is 0 Å². The number of nitrogens with one attached hydrogen (secondary N) is 1. The molecule has 1 unspecified atom stereocenters. The van der Waals surface area contributed by atoms with Gasteiger partial charge >= 0.3 is 0 Å². The number of ether oxygens (including phenoxy) is 1. The quantitative estimate of drug-likeness (QED) is 0.779. The summed E-state index contributed by atoms with van der Waals surface area (Å²) in [6, 6.07) is 9.71. The number of rotatable bonds is 7. The van der Waals surface area contributed by atoms with Gasteiger partial charge in [0.1, 0.15) is 6.10 Å². The summed E-state index contributed by atoms with van der Waals surface area (Å²) in [4.78, 5) is 14.0. The lowest BCUT2D eigenvalue weighted by atomic mass is 10.2. The Morgan fingerprint density at radius 1 is 1.26 bits per heavy atom. The van der Waals surface area contributed by atoms with Crippen LogP contribution in [0.5, 0.6) is 0 Å². The highest BCUT2D eigenvalue weighted by Crippen LogP contribution is 2.04. The number of hydrogen-bond acceptors (Lipinski definition) is 5. The van der Waals surface area contributed by atoms with E-state index >= 15 is 0 Å². The van der Waals surface area contributed by atoms with Crippen LogP contribution in [0.4, 0.5) is 0 Å². The topological polar surface area (TPSA) is 75.7 Å². The zero-order chi connectivity index (χ0) is 16.7. The number of carbonyl (C=O) groups excluding carboxylic acids is 1. The average Bonchev–Trinajstić information content (AvgIpc) is 2.55. The molecule has 23 heavy (non-hydrogen) atoms. The van der Waals surface area contributed by atoms with Crippen molar-refractivity contribution < 1.29 is 17.9 Å². The van der Waals surface area contributed by atoms with Crippen molar-refractivity contribution >= 4 is 15.7 Å². The fraction of sp³-hybridized carbons (Fsp3) is 0.562. The Hall–Kier alpha value is -1.44. The van der Waals surface area contributed by atoms with Crippen LogP contribution < -0.4 is 5.32 Å². The number of benzene rings is 1. The van der Waals surface area contributed by atoms with E-state index in [1.54, 1.807) is 6.92 Å². The first kappa shape index (κ1) is 17.9. The molecule has 0 bridgehead atoms. The van der Waals surface area contributed by atoms with Gasteiger partial charge < -0.3 is 10.1 Å². The Kier molecular flexibility index (Phi) is 6.56. The van der Waals surface area contributed by atoms with Crippen molar-refractivity contribution in [3.8, 4) is 0 Å². The van der Waals surface area contributed by atoms with E-state index < -0.39 is 15.9 Å². The Balaban J connectivity index is 1.62. The van der Waals surface area contributed by atoms with Crippen molar-refractivity contribution in [2.75, 3.05) is 37.7 Å². The third-order valence-corrected chi connectivity index (χ3v) is 5.49. The molecular formula is C16H24N2O4S. The molecule has 1 fully saturated rings. The molecule has 1 N–H and O–H groups in total. The molecule has 7 heteroatoms. The molecule has 1 aliphatic heterocycles. The first-order valence-electron chi connectivity index (χ1n) is 7.82. The van der Waals surface area contributed by atoms with Gasteiger partial charge in [0.2, 0.25) is 5.91 Å². The number of nitrogens with zero attached hydrogens (tertiary/aromatic N) is 1. The smallest absolute Gasteiger partial charge is 0.248 e. The second-order valence-electron chi connectivity index (χ2n) is 5.72. The van der Waals surface area contributed by atoms with Crippen LogP contribution in [0.1, 0.15) is 12.5 Å². The lowest BCUT2D eigenvalue weighted by Crippen LogP contribution is -2.45. The molecule has 6 nitrogen and oxygen atoms in total. The minimum Gasteiger partial charge on any atom is -0.364 e. The van der Waals surface area contributed by atoms with Gasteiger partial charge in [-0.3, -0.25) is 9.69 Å². The van der Waals surface area contributed by atoms with Gasteiger partial charge in [0.25, 0.3) is 0 Å². The van der Waals surface area contributed by atoms with E-state index in [9.17, 15) is 13.2 Å². The van der Waals surface area contributed by atoms with Crippen LogP contribution >= 0.6 is 0 Å². The number of carbonyl (C=O) groups is 1. The van der Waals surface area contributed by atoms with Gasteiger partial charge in [0.05, 0.1) is 18.1 Å². The maximum atomic E-state index is 12.0. The summed E-state index contributed by atoms with van der Waals surface area (Å²) in [5.41, 5.74) is 1.03. The van der Waals surface area contributed by atoms with Gasteiger partial charge in [-0.15, -0.1) is 0 Å². The van der Waals surface area contributed by atoms with Crippen LogP contribution in [0.3, 0.4) is 0 Å². The molecule has 1 amide bonds. The molecule has 0 aliphatic carbocycles. The fourth-order valence-electron chi connectivity index (χ4n) is 2.33. The highest BCUT2D eigenvalue weighted by atomic mass is 32.2. The minimum absolute atomic E-state index is 0.148. The van der Waals surface area contributed by atoms with Crippen molar-refractivity contribution in [1.82, 2.24) is 10.2 Å². The van der Waals surface area contributed by atoms with E-state index in [4.69, 9.17) is 4.74 Å². The molecule has 1 aromatic carbocycles. The Labute approximate surface area is 137 Å². The molecule has 0 spiro atoms. The van der Waals surface area contributed by atoms with Crippen molar-refractivity contribution in [3.05, 3.63) is 35.9 Å². The normalized spacial score (nSPS) is 19.2. The standard InChI is InChI=1S/C16H24N2O4S/c1-14(22-13-15-5-3-2-4-6-15)16(19)17-7-8-18-9-11-23(20,21)12-10-18/h2-6,14H,7-13H2,1H3,(H,17,19). The largest absolute Gasteiger partial charge is 0.364 e. The summed E-state index contributed by atoms with van der Waals surface area (Å²) in [7, 11) is -2.85. The van der Waals surface area contributed by atoms with Crippen LogP contribution in [0.15, 0.2) is 30.3 Å². The third-order valence-electron chi connectivity index (χ3n) is 3.88. The molecule has 0 radical (unpaired) electrons. The maximum absolute atomic E-state index is 12.0. The first-order valence-corrected chi connectivity index (χ1v) is 9.64. The van der Waals surface area contributed by atoms with E-state index in [0.717, 1.165) is 5.56 Å². The summed E-state index contributed by atoms with van der Waals surface area (Å²) in [5.74, 6) is 0.264. The molecule has 128 valence electrons. The summed E-state index contributed by atoms with van der Waals surface area (Å²) in [5, 5.41) is 2.83. The second-order valence-corrected chi connectivity index (χ2v) is 8.03. The molecular weight excluding hydrogens is 316 g/mol. The molecule has 2 rings (SSSR count). The maximum Gasteiger partial charge on any atom is 0.248 e. The van der Waals surface area contributed by atoms with Crippen molar-refractivity contribution in [1.29, 1.82) is 0 Å². The number of hydrogen-bond donors (Lipinski definition) is 1. The van der Waals surface area contributed by atoms with Crippen molar-refractivity contribution in [3.63, 3.8) is 0 Å². The Bertz CT molecular complexity index is 590. The SMILES string of the molecule is CC(OCc1ccccc1)C(=O)NCCN1CCS(=O)(=O)CC1. The molecule has 0 saturated carbocycles. The predicted octanol–water partition coefficient (Wildman–Crippen LogP) is 0.438. The van der Waals surface area contributed by atoms with Gasteiger partial charge in [0.15, 0.2) is 9.84 Å². The molecule has 1 saturated heterocycles. The molecule has 0 aromatic heterocycles. The fourth-order valence-corrected chi connectivity index (χ4v) is 3.60. The molecule has 1 aliphatic rings. The second kappa shape index (κ2) is 8.42. The minimum atomic E-state index is -2.85. The van der Waals surface area contributed by atoms with Gasteiger partial charge in [-0.1, -0.05) is 30.3 Å². The summed E-state index contributed by atoms with van der Waals surface area (Å²) >= 11 is 0. The summed E-state index contributed by atoms with van der Waals surface area (Å²) in [6.07, 6.45) is -0.517. The first-order chi connectivity index (χ1) is 11.0. The lowest BCUT2D eigenvalue weighted by Gasteiger charge is -2.26. The van der Waals surface area contributed by atoms with Crippen molar-refractivity contribution in [2.24, 2.45) is 0 Å². The summed E-state index contributed by atoms with van der Waals surface area (Å²) in [6.45, 7) is 4.37. The molecule has 1 atom stereocenters. The highest BCUT2D eigenvalue weighted by Gasteiger charge is 2.21. The zero-order valence-corrected chi connectivity index (χ0v) is 14.2. The van der Waals surface area contributed by atoms with Gasteiger partial charge in [0, 0.05) is 26.2 Å². The van der Waals surface area contributed by atoms with Crippen LogP contribution in [0.2, 0.25) is 0 Å². The predicted molar refractivity (Wildman–Crippen MR) is 88.8 cm³/mol. The summed E-state index contributed by atoms with van der Waals surface area (Å²) < 4.78 is 28.2. The van der Waals surface area contributed by atoms with Crippen LogP contribution in [0.25, 0.3) is 0 Å². The number of amides is 1. The van der Waals surface area contributed by atoms with E-state index in [-0.39, 0.29) is 17.4 Å². The highest BCUT2D eigenvalue weighted by molar-refractivity contribution is 7.91. The van der Waals surface area contributed by atoms with E-state index in [1.807, 2.05) is 30.3 Å². The Morgan fingerprint density at radius 2 is 1.91 bits per heavy atom. The van der Waals surface area contributed by atoms with Crippen LogP contribution in [0, 0.1) is 0 Å². The van der Waals surface area contributed by atoms with Crippen LogP contribution in [-0.4, -0.2) is 63.0 Å². The third kappa shape index (κ3) is 6.29. The number of sulfone groups is 1. The lowest BCUT2D eigenvalue weighted by molar-refractivity contribution is -0.132. The zero-order valence-electron chi connectivity index (χ0n) is 13.4. The van der Waals surface area contributed by atoms with Gasteiger partial charge in [-0.25, -0.2) is 8.42 Å². The van der Waals surface area contributed by atoms with E-state index in [0.29, 0.717) is 32.8 Å². The Morgan fingerprint density at radius 3 is 2.57 bits per heavy atom. The molecule has 1 heterocycles. The molecule has 1 aromatic rings. The monoisotopic (exact) mass is 340 g/mol. The van der Waals surface area contributed by atoms with Crippen LogP contribution in [-0.2, 0) is 26.0 Å². The van der Waals surface area contributed by atoms with Gasteiger partial charge in [-0.05, 0) is 12.5 Å². The van der Waals surface area contributed by atoms with E-state index in [2.05, 4.69) is 10.2 Å². The van der Waals surface area contributed by atoms with Crippen molar-refractivity contribution in [2.45, 2.75) is 19.6 Å². The van der Waals surface area contributed by atoms with E-state index in [1.165, 1.54) is 0 Å².